The van der Waals surface area contributed by atoms with E-state index in [1.54, 1.807) is 0 Å². The minimum atomic E-state index is -0.503. The molecule has 166 valence electrons. The number of benzene rings is 2. The standard InChI is InChI=1S/C26H24N4O3/c31-25(29-27-21-13-5-9-17-7-1-3-11-19(17)21)23-15-16-24(33-23)26(32)30-28-22-14-6-10-18-8-2-4-12-20(18)22/h1-4,7-8,11-12,15-16H,5-6,9-10,13-14H2,(H,29,31)(H,30,32). The predicted octanol–water partition coefficient (Wildman–Crippen LogP) is 4.22. The summed E-state index contributed by atoms with van der Waals surface area (Å²) in [6, 6.07) is 19.1. The Bertz CT molecular complexity index is 1180. The summed E-state index contributed by atoms with van der Waals surface area (Å²) in [6.07, 6.45) is 5.60. The summed E-state index contributed by atoms with van der Waals surface area (Å²) in [5, 5.41) is 8.62. The highest BCUT2D eigenvalue weighted by Gasteiger charge is 2.19. The van der Waals surface area contributed by atoms with Crippen LogP contribution in [-0.4, -0.2) is 23.2 Å². The van der Waals surface area contributed by atoms with Crippen LogP contribution in [0, 0.1) is 0 Å². The average Bonchev–Trinajstić information content (AvgIpc) is 3.36. The van der Waals surface area contributed by atoms with E-state index in [1.807, 2.05) is 36.4 Å². The van der Waals surface area contributed by atoms with E-state index >= 15 is 0 Å². The molecule has 0 atom stereocenters. The number of amides is 2. The number of nitrogens with one attached hydrogen (secondary N) is 2. The Hall–Kier alpha value is -4.00. The predicted molar refractivity (Wildman–Crippen MR) is 125 cm³/mol. The first-order valence-corrected chi connectivity index (χ1v) is 11.2. The number of hydrazone groups is 2. The van der Waals surface area contributed by atoms with Crippen molar-refractivity contribution >= 4 is 23.2 Å². The maximum atomic E-state index is 12.5. The minimum absolute atomic E-state index is 0.0178. The van der Waals surface area contributed by atoms with Crippen LogP contribution in [0.15, 0.2) is 75.3 Å². The Balaban J connectivity index is 1.24. The summed E-state index contributed by atoms with van der Waals surface area (Å²) < 4.78 is 5.46. The molecule has 33 heavy (non-hydrogen) atoms. The molecule has 0 fully saturated rings. The lowest BCUT2D eigenvalue weighted by Crippen LogP contribution is -2.22. The number of hydrogen-bond donors (Lipinski definition) is 2. The van der Waals surface area contributed by atoms with Crippen molar-refractivity contribution < 1.29 is 14.0 Å². The van der Waals surface area contributed by atoms with Crippen LogP contribution >= 0.6 is 0 Å². The van der Waals surface area contributed by atoms with Crippen molar-refractivity contribution in [1.82, 2.24) is 10.9 Å². The Morgan fingerprint density at radius 3 is 1.58 bits per heavy atom. The molecule has 0 bridgehead atoms. The topological polar surface area (TPSA) is 96.1 Å². The first-order chi connectivity index (χ1) is 16.2. The molecule has 0 radical (unpaired) electrons. The van der Waals surface area contributed by atoms with Gasteiger partial charge in [-0.15, -0.1) is 0 Å². The number of nitrogens with zero attached hydrogens (tertiary/aromatic N) is 2. The van der Waals surface area contributed by atoms with Crippen LogP contribution < -0.4 is 10.9 Å². The Kier molecular flexibility index (Phi) is 5.85. The first kappa shape index (κ1) is 20.9. The van der Waals surface area contributed by atoms with Crippen LogP contribution in [0.5, 0.6) is 0 Å². The number of furan rings is 1. The van der Waals surface area contributed by atoms with Gasteiger partial charge in [0.05, 0.1) is 11.4 Å². The van der Waals surface area contributed by atoms with Crippen molar-refractivity contribution in [2.75, 3.05) is 0 Å². The summed E-state index contributed by atoms with van der Waals surface area (Å²) in [6.45, 7) is 0. The van der Waals surface area contributed by atoms with E-state index in [4.69, 9.17) is 4.42 Å². The number of carbonyl (C=O) groups is 2. The molecule has 5 rings (SSSR count). The van der Waals surface area contributed by atoms with Gasteiger partial charge in [0.1, 0.15) is 0 Å². The molecule has 0 unspecified atom stereocenters. The van der Waals surface area contributed by atoms with Crippen molar-refractivity contribution in [3.63, 3.8) is 0 Å². The SMILES string of the molecule is O=C(NN=C1CCCc2ccccc21)c1ccc(C(=O)NN=C2CCCc3ccccc32)o1. The molecular formula is C26H24N4O3. The second-order valence-corrected chi connectivity index (χ2v) is 8.18. The fraction of sp³-hybridized carbons (Fsp3) is 0.231. The monoisotopic (exact) mass is 440 g/mol. The van der Waals surface area contributed by atoms with Gasteiger partial charge in [0, 0.05) is 11.1 Å². The third-order valence-corrected chi connectivity index (χ3v) is 6.01. The van der Waals surface area contributed by atoms with Crippen molar-refractivity contribution in [1.29, 1.82) is 0 Å². The van der Waals surface area contributed by atoms with E-state index in [2.05, 4.69) is 33.2 Å². The fourth-order valence-electron chi connectivity index (χ4n) is 4.36. The van der Waals surface area contributed by atoms with Crippen molar-refractivity contribution in [3.05, 3.63) is 94.4 Å². The van der Waals surface area contributed by atoms with Crippen LogP contribution in [0.25, 0.3) is 0 Å². The molecule has 2 aliphatic rings. The Labute approximate surface area is 191 Å². The third-order valence-electron chi connectivity index (χ3n) is 6.01. The molecule has 7 nitrogen and oxygen atoms in total. The maximum Gasteiger partial charge on any atom is 0.307 e. The quantitative estimate of drug-likeness (QED) is 0.595. The lowest BCUT2D eigenvalue weighted by molar-refractivity contribution is 0.0902. The minimum Gasteiger partial charge on any atom is -0.446 e. The van der Waals surface area contributed by atoms with Gasteiger partial charge in [-0.3, -0.25) is 9.59 Å². The highest BCUT2D eigenvalue weighted by atomic mass is 16.4. The molecule has 2 aliphatic carbocycles. The molecule has 0 saturated carbocycles. The van der Waals surface area contributed by atoms with Crippen molar-refractivity contribution in [2.24, 2.45) is 10.2 Å². The molecule has 7 heteroatoms. The van der Waals surface area contributed by atoms with Crippen LogP contribution in [0.1, 0.15) is 69.0 Å². The number of rotatable bonds is 4. The largest absolute Gasteiger partial charge is 0.446 e. The molecule has 0 saturated heterocycles. The van der Waals surface area contributed by atoms with E-state index < -0.39 is 11.8 Å². The zero-order chi connectivity index (χ0) is 22.6. The normalized spacial score (nSPS) is 17.3. The van der Waals surface area contributed by atoms with Crippen LogP contribution in [0.3, 0.4) is 0 Å². The number of fused-ring (bicyclic) bond motifs is 2. The van der Waals surface area contributed by atoms with Gasteiger partial charge in [-0.25, -0.2) is 10.9 Å². The van der Waals surface area contributed by atoms with E-state index in [-0.39, 0.29) is 11.5 Å². The van der Waals surface area contributed by atoms with Crippen LogP contribution in [0.4, 0.5) is 0 Å². The maximum absolute atomic E-state index is 12.5. The zero-order valence-electron chi connectivity index (χ0n) is 18.1. The third kappa shape index (κ3) is 4.48. The Morgan fingerprint density at radius 2 is 1.09 bits per heavy atom. The number of hydrogen-bond acceptors (Lipinski definition) is 5. The molecule has 3 aromatic rings. The number of aryl methyl sites for hydroxylation is 2. The van der Waals surface area contributed by atoms with E-state index in [1.165, 1.54) is 23.3 Å². The van der Waals surface area contributed by atoms with Gasteiger partial charge in [-0.2, -0.15) is 10.2 Å². The van der Waals surface area contributed by atoms with E-state index in [0.717, 1.165) is 61.1 Å². The summed E-state index contributed by atoms with van der Waals surface area (Å²) in [7, 11) is 0. The van der Waals surface area contributed by atoms with Gasteiger partial charge in [0.25, 0.3) is 0 Å². The van der Waals surface area contributed by atoms with Gasteiger partial charge in [0.15, 0.2) is 11.5 Å². The van der Waals surface area contributed by atoms with Gasteiger partial charge in [-0.05, 0) is 61.8 Å². The molecule has 1 aromatic heterocycles. The summed E-state index contributed by atoms with van der Waals surface area (Å²) in [5.41, 5.74) is 11.4. The van der Waals surface area contributed by atoms with Crippen LogP contribution in [-0.2, 0) is 12.8 Å². The summed E-state index contributed by atoms with van der Waals surface area (Å²) >= 11 is 0. The summed E-state index contributed by atoms with van der Waals surface area (Å²) in [5.74, 6) is -0.970. The lowest BCUT2D eigenvalue weighted by Gasteiger charge is -2.17. The molecule has 0 aliphatic heterocycles. The van der Waals surface area contributed by atoms with Gasteiger partial charge < -0.3 is 4.42 Å². The Morgan fingerprint density at radius 1 is 0.636 bits per heavy atom. The molecule has 1 heterocycles. The molecule has 0 spiro atoms. The first-order valence-electron chi connectivity index (χ1n) is 11.2. The average molecular weight is 441 g/mol. The zero-order valence-corrected chi connectivity index (χ0v) is 18.1. The van der Waals surface area contributed by atoms with Crippen molar-refractivity contribution in [2.45, 2.75) is 38.5 Å². The second-order valence-electron chi connectivity index (χ2n) is 8.18. The molecular weight excluding hydrogens is 416 g/mol. The van der Waals surface area contributed by atoms with Crippen molar-refractivity contribution in [3.8, 4) is 0 Å². The van der Waals surface area contributed by atoms with Gasteiger partial charge in [-0.1, -0.05) is 48.5 Å². The fourth-order valence-corrected chi connectivity index (χ4v) is 4.36. The van der Waals surface area contributed by atoms with E-state index in [9.17, 15) is 9.59 Å². The highest BCUT2D eigenvalue weighted by molar-refractivity contribution is 6.05. The van der Waals surface area contributed by atoms with Crippen LogP contribution in [0.2, 0.25) is 0 Å². The number of carbonyl (C=O) groups excluding carboxylic acids is 2. The highest BCUT2D eigenvalue weighted by Crippen LogP contribution is 2.22. The molecule has 2 N–H and O–H groups in total. The van der Waals surface area contributed by atoms with Gasteiger partial charge in [0.2, 0.25) is 0 Å². The second kappa shape index (κ2) is 9.24. The van der Waals surface area contributed by atoms with Gasteiger partial charge >= 0.3 is 11.8 Å². The molecule has 2 aromatic carbocycles. The van der Waals surface area contributed by atoms with E-state index in [0.29, 0.717) is 0 Å². The smallest absolute Gasteiger partial charge is 0.307 e. The summed E-state index contributed by atoms with van der Waals surface area (Å²) in [4.78, 5) is 25.0. The molecule has 2 amide bonds. The lowest BCUT2D eigenvalue weighted by atomic mass is 9.90.